The molecule has 0 spiro atoms. The van der Waals surface area contributed by atoms with Gasteiger partial charge in [-0.3, -0.25) is 9.59 Å². The third kappa shape index (κ3) is 3.22. The van der Waals surface area contributed by atoms with Gasteiger partial charge >= 0.3 is 0 Å². The fourth-order valence-electron chi connectivity index (χ4n) is 3.33. The molecule has 6 heteroatoms. The van der Waals surface area contributed by atoms with E-state index in [4.69, 9.17) is 9.47 Å². The van der Waals surface area contributed by atoms with Crippen molar-refractivity contribution in [3.63, 3.8) is 0 Å². The van der Waals surface area contributed by atoms with Crippen LogP contribution in [0.15, 0.2) is 48.5 Å². The quantitative estimate of drug-likeness (QED) is 0.837. The van der Waals surface area contributed by atoms with Crippen molar-refractivity contribution < 1.29 is 19.1 Å². The van der Waals surface area contributed by atoms with Gasteiger partial charge in [0.2, 0.25) is 18.6 Å². The molecule has 4 rings (SSSR count). The minimum atomic E-state index is -0.629. The summed E-state index contributed by atoms with van der Waals surface area (Å²) in [5.74, 6) is 0.313. The number of nitrogens with zero attached hydrogens (tertiary/aromatic N) is 1. The van der Waals surface area contributed by atoms with Crippen LogP contribution in [0.5, 0.6) is 11.5 Å². The third-order valence-electron chi connectivity index (χ3n) is 4.75. The number of ether oxygens (including phenoxy) is 2. The zero-order valence-corrected chi connectivity index (χ0v) is 14.3. The molecular formula is C20H20N2O4. The van der Waals surface area contributed by atoms with E-state index in [9.17, 15) is 9.59 Å². The normalized spacial score (nSPS) is 18.2. The molecule has 1 N–H and O–H groups in total. The Hall–Kier alpha value is -3.02. The lowest BCUT2D eigenvalue weighted by Gasteiger charge is -2.17. The van der Waals surface area contributed by atoms with E-state index < -0.39 is 5.92 Å². The molecule has 1 unspecified atom stereocenters. The highest BCUT2D eigenvalue weighted by atomic mass is 16.7. The second-order valence-electron chi connectivity index (χ2n) is 6.40. The van der Waals surface area contributed by atoms with Gasteiger partial charge in [-0.2, -0.15) is 0 Å². The van der Waals surface area contributed by atoms with E-state index in [2.05, 4.69) is 5.32 Å². The maximum atomic E-state index is 12.7. The van der Waals surface area contributed by atoms with Gasteiger partial charge in [0.25, 0.3) is 0 Å². The molecule has 0 bridgehead atoms. The first-order chi connectivity index (χ1) is 12.7. The predicted octanol–water partition coefficient (Wildman–Crippen LogP) is 2.13. The van der Waals surface area contributed by atoms with Gasteiger partial charge in [-0.05, 0) is 30.5 Å². The second-order valence-corrected chi connectivity index (χ2v) is 6.40. The average Bonchev–Trinajstić information content (AvgIpc) is 3.28. The summed E-state index contributed by atoms with van der Waals surface area (Å²) in [6.07, 6.45) is 1.27. The topological polar surface area (TPSA) is 67.9 Å². The number of fused-ring (bicyclic) bond motifs is 1. The minimum absolute atomic E-state index is 0.166. The van der Waals surface area contributed by atoms with Crippen LogP contribution in [-0.2, 0) is 16.0 Å². The fraction of sp³-hybridized carbons (Fsp3) is 0.300. The van der Waals surface area contributed by atoms with Crippen LogP contribution in [0.3, 0.4) is 0 Å². The number of nitrogens with one attached hydrogen (secondary N) is 1. The van der Waals surface area contributed by atoms with Gasteiger partial charge < -0.3 is 19.7 Å². The summed E-state index contributed by atoms with van der Waals surface area (Å²) in [5, 5.41) is 2.89. The highest BCUT2D eigenvalue weighted by molar-refractivity contribution is 6.09. The Morgan fingerprint density at radius 2 is 1.92 bits per heavy atom. The SMILES string of the molecule is O=C(NCCc1ccccc1)C1CCN(c2ccc3c(c2)OCO3)C1=O. The van der Waals surface area contributed by atoms with Crippen molar-refractivity contribution in [3.05, 3.63) is 54.1 Å². The van der Waals surface area contributed by atoms with Gasteiger partial charge in [0, 0.05) is 24.8 Å². The van der Waals surface area contributed by atoms with Crippen LogP contribution < -0.4 is 19.7 Å². The van der Waals surface area contributed by atoms with E-state index in [1.165, 1.54) is 0 Å². The Labute approximate surface area is 151 Å². The molecule has 26 heavy (non-hydrogen) atoms. The summed E-state index contributed by atoms with van der Waals surface area (Å²) >= 11 is 0. The summed E-state index contributed by atoms with van der Waals surface area (Å²) in [5.41, 5.74) is 1.89. The van der Waals surface area contributed by atoms with Crippen LogP contribution in [0, 0.1) is 5.92 Å². The number of benzene rings is 2. The number of hydrogen-bond donors (Lipinski definition) is 1. The Bertz CT molecular complexity index is 822. The molecule has 2 heterocycles. The highest BCUT2D eigenvalue weighted by Gasteiger charge is 2.37. The first-order valence-corrected chi connectivity index (χ1v) is 8.75. The molecule has 0 aromatic heterocycles. The molecule has 2 aliphatic heterocycles. The van der Waals surface area contributed by atoms with E-state index in [0.29, 0.717) is 31.0 Å². The number of anilines is 1. The Kier molecular flexibility index (Phi) is 4.48. The van der Waals surface area contributed by atoms with Crippen molar-refractivity contribution in [2.24, 2.45) is 5.92 Å². The van der Waals surface area contributed by atoms with Crippen LogP contribution in [-0.4, -0.2) is 31.7 Å². The molecule has 2 aromatic carbocycles. The lowest BCUT2D eigenvalue weighted by molar-refractivity contribution is -0.132. The van der Waals surface area contributed by atoms with Gasteiger partial charge in [0.1, 0.15) is 5.92 Å². The summed E-state index contributed by atoms with van der Waals surface area (Å²) in [7, 11) is 0. The molecule has 1 fully saturated rings. The van der Waals surface area contributed by atoms with Crippen molar-refractivity contribution in [1.82, 2.24) is 5.32 Å². The Balaban J connectivity index is 1.35. The number of hydrogen-bond acceptors (Lipinski definition) is 4. The number of amides is 2. The third-order valence-corrected chi connectivity index (χ3v) is 4.75. The van der Waals surface area contributed by atoms with Crippen molar-refractivity contribution in [2.75, 3.05) is 24.8 Å². The lowest BCUT2D eigenvalue weighted by Crippen LogP contribution is -2.37. The average molecular weight is 352 g/mol. The highest BCUT2D eigenvalue weighted by Crippen LogP contribution is 2.37. The monoisotopic (exact) mass is 352 g/mol. The predicted molar refractivity (Wildman–Crippen MR) is 96.2 cm³/mol. The minimum Gasteiger partial charge on any atom is -0.454 e. The largest absolute Gasteiger partial charge is 0.454 e. The van der Waals surface area contributed by atoms with Crippen LogP contribution in [0.4, 0.5) is 5.69 Å². The van der Waals surface area contributed by atoms with Gasteiger partial charge in [-0.15, -0.1) is 0 Å². The van der Waals surface area contributed by atoms with Gasteiger partial charge in [-0.1, -0.05) is 30.3 Å². The summed E-state index contributed by atoms with van der Waals surface area (Å²) in [4.78, 5) is 26.7. The molecular weight excluding hydrogens is 332 g/mol. The summed E-state index contributed by atoms with van der Waals surface area (Å²) < 4.78 is 10.7. The molecule has 2 amide bonds. The first kappa shape index (κ1) is 16.4. The van der Waals surface area contributed by atoms with Crippen LogP contribution in [0.25, 0.3) is 0 Å². The van der Waals surface area contributed by atoms with Crippen LogP contribution in [0.1, 0.15) is 12.0 Å². The van der Waals surface area contributed by atoms with Crippen molar-refractivity contribution in [1.29, 1.82) is 0 Å². The van der Waals surface area contributed by atoms with Crippen LogP contribution in [0.2, 0.25) is 0 Å². The molecule has 6 nitrogen and oxygen atoms in total. The molecule has 0 aliphatic carbocycles. The standard InChI is InChI=1S/C20H20N2O4/c23-19(21-10-8-14-4-2-1-3-5-14)16-9-11-22(20(16)24)15-6-7-17-18(12-15)26-13-25-17/h1-7,12,16H,8-11,13H2,(H,21,23). The summed E-state index contributed by atoms with van der Waals surface area (Å²) in [6.45, 7) is 1.24. The summed E-state index contributed by atoms with van der Waals surface area (Å²) in [6, 6.07) is 15.4. The maximum Gasteiger partial charge on any atom is 0.239 e. The molecule has 1 atom stereocenters. The zero-order chi connectivity index (χ0) is 17.9. The number of carbonyl (C=O) groups is 2. The van der Waals surface area contributed by atoms with Gasteiger partial charge in [-0.25, -0.2) is 0 Å². The van der Waals surface area contributed by atoms with E-state index in [1.54, 1.807) is 17.0 Å². The molecule has 0 radical (unpaired) electrons. The Morgan fingerprint density at radius 3 is 2.77 bits per heavy atom. The fourth-order valence-corrected chi connectivity index (χ4v) is 3.33. The number of carbonyl (C=O) groups excluding carboxylic acids is 2. The molecule has 134 valence electrons. The molecule has 2 aromatic rings. The first-order valence-electron chi connectivity index (χ1n) is 8.75. The molecule has 1 saturated heterocycles. The smallest absolute Gasteiger partial charge is 0.239 e. The molecule has 2 aliphatic rings. The van der Waals surface area contributed by atoms with E-state index >= 15 is 0 Å². The van der Waals surface area contributed by atoms with Crippen molar-refractivity contribution in [2.45, 2.75) is 12.8 Å². The second kappa shape index (κ2) is 7.07. The van der Waals surface area contributed by atoms with Gasteiger partial charge in [0.15, 0.2) is 11.5 Å². The van der Waals surface area contributed by atoms with Crippen molar-refractivity contribution >= 4 is 17.5 Å². The van der Waals surface area contributed by atoms with Gasteiger partial charge in [0.05, 0.1) is 0 Å². The number of rotatable bonds is 5. The van der Waals surface area contributed by atoms with E-state index in [0.717, 1.165) is 17.7 Å². The van der Waals surface area contributed by atoms with Crippen LogP contribution >= 0.6 is 0 Å². The zero-order valence-electron chi connectivity index (χ0n) is 14.3. The van der Waals surface area contributed by atoms with Crippen molar-refractivity contribution in [3.8, 4) is 11.5 Å². The van der Waals surface area contributed by atoms with E-state index in [-0.39, 0.29) is 18.6 Å². The Morgan fingerprint density at radius 1 is 1.12 bits per heavy atom. The maximum absolute atomic E-state index is 12.7. The lowest BCUT2D eigenvalue weighted by atomic mass is 10.1. The van der Waals surface area contributed by atoms with E-state index in [1.807, 2.05) is 36.4 Å². The molecule has 0 saturated carbocycles.